The number of nitrogens with one attached hydrogen (secondary N) is 1. The van der Waals surface area contributed by atoms with E-state index in [1.54, 1.807) is 6.26 Å². The van der Waals surface area contributed by atoms with E-state index in [0.717, 1.165) is 0 Å². The maximum absolute atomic E-state index is 10.6. The SMILES string of the molecule is C[S+]([O-])NC1CCCC1. The van der Waals surface area contributed by atoms with Crippen LogP contribution in [0, 0.1) is 0 Å². The second-order valence-corrected chi connectivity index (χ2v) is 3.70. The van der Waals surface area contributed by atoms with Gasteiger partial charge in [0.25, 0.3) is 0 Å². The first-order valence-corrected chi connectivity index (χ1v) is 4.94. The van der Waals surface area contributed by atoms with Gasteiger partial charge >= 0.3 is 0 Å². The molecule has 0 amide bonds. The van der Waals surface area contributed by atoms with Crippen LogP contribution in [-0.2, 0) is 11.4 Å². The first-order valence-electron chi connectivity index (χ1n) is 3.38. The summed E-state index contributed by atoms with van der Waals surface area (Å²) in [4.78, 5) is 0. The number of rotatable bonds is 2. The smallest absolute Gasteiger partial charge is 0.115 e. The molecular weight excluding hydrogens is 134 g/mol. The summed E-state index contributed by atoms with van der Waals surface area (Å²) in [6.45, 7) is 0. The average molecular weight is 147 g/mol. The zero-order valence-electron chi connectivity index (χ0n) is 5.72. The molecule has 2 nitrogen and oxygen atoms in total. The van der Waals surface area contributed by atoms with Crippen molar-refractivity contribution in [2.24, 2.45) is 0 Å². The van der Waals surface area contributed by atoms with Gasteiger partial charge in [0, 0.05) is 11.4 Å². The van der Waals surface area contributed by atoms with E-state index < -0.39 is 11.4 Å². The molecule has 54 valence electrons. The minimum Gasteiger partial charge on any atom is -0.598 e. The zero-order chi connectivity index (χ0) is 6.69. The molecule has 0 aliphatic heterocycles. The lowest BCUT2D eigenvalue weighted by molar-refractivity contribution is 0.557. The van der Waals surface area contributed by atoms with Crippen LogP contribution in [-0.4, -0.2) is 16.9 Å². The van der Waals surface area contributed by atoms with Gasteiger partial charge in [0.15, 0.2) is 0 Å². The molecule has 0 spiro atoms. The van der Waals surface area contributed by atoms with E-state index in [-0.39, 0.29) is 0 Å². The van der Waals surface area contributed by atoms with Gasteiger partial charge in [0.2, 0.25) is 0 Å². The molecule has 0 aromatic carbocycles. The molecule has 1 unspecified atom stereocenters. The standard InChI is InChI=1S/C6H13NOS/c1-9(8)7-6-4-2-3-5-6/h6-7H,2-5H2,1H3. The molecular formula is C6H13NOS. The Balaban J connectivity index is 2.11. The summed E-state index contributed by atoms with van der Waals surface area (Å²) in [5.41, 5.74) is 0. The molecule has 1 fully saturated rings. The first-order chi connectivity index (χ1) is 4.29. The third-order valence-electron chi connectivity index (χ3n) is 1.69. The maximum Gasteiger partial charge on any atom is 0.115 e. The highest BCUT2D eigenvalue weighted by atomic mass is 32.2. The molecule has 9 heavy (non-hydrogen) atoms. The summed E-state index contributed by atoms with van der Waals surface area (Å²) in [6, 6.07) is 0.538. The van der Waals surface area contributed by atoms with Crippen LogP contribution >= 0.6 is 0 Å². The Morgan fingerprint density at radius 2 is 2.00 bits per heavy atom. The Bertz CT molecular complexity index is 81.1. The monoisotopic (exact) mass is 147 g/mol. The lowest BCUT2D eigenvalue weighted by atomic mass is 10.3. The van der Waals surface area contributed by atoms with Crippen LogP contribution in [0.3, 0.4) is 0 Å². The summed E-state index contributed by atoms with van der Waals surface area (Å²) in [7, 11) is 0. The van der Waals surface area contributed by atoms with Crippen molar-refractivity contribution >= 4 is 11.4 Å². The normalized spacial score (nSPS) is 24.7. The van der Waals surface area contributed by atoms with Crippen LogP contribution in [0.5, 0.6) is 0 Å². The highest BCUT2D eigenvalue weighted by molar-refractivity contribution is 7.88. The van der Waals surface area contributed by atoms with Crippen molar-refractivity contribution < 1.29 is 4.55 Å². The van der Waals surface area contributed by atoms with Crippen LogP contribution < -0.4 is 4.72 Å². The molecule has 0 aromatic heterocycles. The van der Waals surface area contributed by atoms with Gasteiger partial charge in [0.1, 0.15) is 6.26 Å². The van der Waals surface area contributed by atoms with Crippen LogP contribution in [0.15, 0.2) is 0 Å². The minimum atomic E-state index is -0.805. The van der Waals surface area contributed by atoms with E-state index in [1.165, 1.54) is 25.7 Å². The van der Waals surface area contributed by atoms with Gasteiger partial charge in [-0.1, -0.05) is 12.8 Å². The van der Waals surface area contributed by atoms with Gasteiger partial charge in [-0.05, 0) is 12.8 Å². The fraction of sp³-hybridized carbons (Fsp3) is 1.00. The molecule has 1 saturated carbocycles. The molecule has 1 aliphatic rings. The van der Waals surface area contributed by atoms with Crippen LogP contribution in [0.25, 0.3) is 0 Å². The summed E-state index contributed by atoms with van der Waals surface area (Å²) >= 11 is -0.805. The predicted octanol–water partition coefficient (Wildman–Crippen LogP) is 0.812. The van der Waals surface area contributed by atoms with Gasteiger partial charge in [0.05, 0.1) is 6.04 Å². The summed E-state index contributed by atoms with van der Waals surface area (Å²) in [6.07, 6.45) is 6.71. The molecule has 0 radical (unpaired) electrons. The Morgan fingerprint density at radius 1 is 1.44 bits per heavy atom. The Labute approximate surface area is 59.3 Å². The second kappa shape index (κ2) is 3.44. The summed E-state index contributed by atoms with van der Waals surface area (Å²) < 4.78 is 13.6. The molecule has 3 heteroatoms. The number of hydrogen-bond acceptors (Lipinski definition) is 2. The molecule has 0 heterocycles. The first kappa shape index (κ1) is 7.38. The fourth-order valence-electron chi connectivity index (χ4n) is 1.28. The Morgan fingerprint density at radius 3 is 2.44 bits per heavy atom. The maximum atomic E-state index is 10.6. The predicted molar refractivity (Wildman–Crippen MR) is 39.5 cm³/mol. The lowest BCUT2D eigenvalue weighted by Crippen LogP contribution is -2.31. The molecule has 1 rings (SSSR count). The van der Waals surface area contributed by atoms with Crippen LogP contribution in [0.2, 0.25) is 0 Å². The molecule has 1 N–H and O–H groups in total. The molecule has 1 aliphatic carbocycles. The van der Waals surface area contributed by atoms with Crippen molar-refractivity contribution in [3.63, 3.8) is 0 Å². The van der Waals surface area contributed by atoms with Gasteiger partial charge in [-0.3, -0.25) is 0 Å². The fourth-order valence-corrected chi connectivity index (χ4v) is 1.98. The lowest BCUT2D eigenvalue weighted by Gasteiger charge is -2.10. The largest absolute Gasteiger partial charge is 0.598 e. The van der Waals surface area contributed by atoms with Crippen molar-refractivity contribution in [2.75, 3.05) is 6.26 Å². The van der Waals surface area contributed by atoms with E-state index in [1.807, 2.05) is 0 Å². The van der Waals surface area contributed by atoms with Crippen molar-refractivity contribution in [2.45, 2.75) is 31.7 Å². The molecule has 1 atom stereocenters. The van der Waals surface area contributed by atoms with E-state index in [4.69, 9.17) is 0 Å². The molecule has 0 aromatic rings. The highest BCUT2D eigenvalue weighted by Crippen LogP contribution is 2.17. The average Bonchev–Trinajstić information content (AvgIpc) is 2.15. The third-order valence-corrected chi connectivity index (χ3v) is 2.35. The van der Waals surface area contributed by atoms with Gasteiger partial charge < -0.3 is 4.55 Å². The summed E-state index contributed by atoms with van der Waals surface area (Å²) in [5, 5.41) is 0. The Kier molecular flexibility index (Phi) is 2.82. The van der Waals surface area contributed by atoms with E-state index >= 15 is 0 Å². The Hall–Kier alpha value is 0.270. The molecule has 0 bridgehead atoms. The molecule has 0 saturated heterocycles. The minimum absolute atomic E-state index is 0.538. The van der Waals surface area contributed by atoms with Crippen LogP contribution in [0.1, 0.15) is 25.7 Å². The third kappa shape index (κ3) is 2.56. The van der Waals surface area contributed by atoms with Gasteiger partial charge in [-0.2, -0.15) is 0 Å². The highest BCUT2D eigenvalue weighted by Gasteiger charge is 2.17. The van der Waals surface area contributed by atoms with E-state index in [2.05, 4.69) is 4.72 Å². The van der Waals surface area contributed by atoms with Gasteiger partial charge in [-0.25, -0.2) is 0 Å². The topological polar surface area (TPSA) is 35.1 Å². The van der Waals surface area contributed by atoms with Crippen molar-refractivity contribution in [3.05, 3.63) is 0 Å². The number of hydrogen-bond donors (Lipinski definition) is 1. The quantitative estimate of drug-likeness (QED) is 0.587. The van der Waals surface area contributed by atoms with Crippen LogP contribution in [0.4, 0.5) is 0 Å². The van der Waals surface area contributed by atoms with Crippen molar-refractivity contribution in [3.8, 4) is 0 Å². The second-order valence-electron chi connectivity index (χ2n) is 2.55. The zero-order valence-corrected chi connectivity index (χ0v) is 6.54. The van der Waals surface area contributed by atoms with Crippen molar-refractivity contribution in [1.82, 2.24) is 4.72 Å². The van der Waals surface area contributed by atoms with E-state index in [9.17, 15) is 4.55 Å². The van der Waals surface area contributed by atoms with E-state index in [0.29, 0.717) is 6.04 Å². The van der Waals surface area contributed by atoms with Gasteiger partial charge in [-0.15, -0.1) is 4.72 Å². The van der Waals surface area contributed by atoms with Crippen molar-refractivity contribution in [1.29, 1.82) is 0 Å². The summed E-state index contributed by atoms with van der Waals surface area (Å²) in [5.74, 6) is 0.